The van der Waals surface area contributed by atoms with Crippen LogP contribution in [0.1, 0.15) is 43.7 Å². The fourth-order valence-electron chi connectivity index (χ4n) is 4.99. The van der Waals surface area contributed by atoms with Gasteiger partial charge in [-0.3, -0.25) is 0 Å². The number of fused-ring (bicyclic) bond motifs is 1. The van der Waals surface area contributed by atoms with Crippen LogP contribution in [-0.2, 0) is 17.8 Å². The molecule has 1 saturated carbocycles. The van der Waals surface area contributed by atoms with E-state index in [2.05, 4.69) is 28.0 Å². The Morgan fingerprint density at radius 2 is 1.89 bits per heavy atom. The summed E-state index contributed by atoms with van der Waals surface area (Å²) >= 11 is 4.46. The number of nitrogens with one attached hydrogen (secondary N) is 2. The fraction of sp³-hybridized carbons (Fsp3) is 0.310. The summed E-state index contributed by atoms with van der Waals surface area (Å²) in [6.07, 6.45) is 6.66. The van der Waals surface area contributed by atoms with E-state index in [1.807, 2.05) is 18.3 Å². The first-order valence-electron chi connectivity index (χ1n) is 12.9. The molecule has 5 rings (SSSR count). The Bertz CT molecular complexity index is 1460. The molecule has 9 heteroatoms. The molecule has 1 heterocycles. The molecule has 0 spiro atoms. The quantitative estimate of drug-likeness (QED) is 0.219. The number of halogens is 2. The molecular formula is C29H31ClFN5OS. The highest BCUT2D eigenvalue weighted by Gasteiger charge is 2.21. The third-order valence-corrected chi connectivity index (χ3v) is 8.79. The molecule has 4 aromatic rings. The molecule has 38 heavy (non-hydrogen) atoms. The number of rotatable bonds is 7. The van der Waals surface area contributed by atoms with Crippen molar-refractivity contribution in [2.45, 2.75) is 62.9 Å². The number of hydrogen-bond acceptors (Lipinski definition) is 6. The zero-order valence-corrected chi connectivity index (χ0v) is 23.0. The zero-order valence-electron chi connectivity index (χ0n) is 21.4. The van der Waals surface area contributed by atoms with Crippen molar-refractivity contribution in [3.63, 3.8) is 0 Å². The first kappa shape index (κ1) is 26.7. The first-order valence-corrected chi connectivity index (χ1v) is 14.4. The second-order valence-corrected chi connectivity index (χ2v) is 11.4. The lowest BCUT2D eigenvalue weighted by atomic mass is 9.92. The average Bonchev–Trinajstić information content (AvgIpc) is 2.92. The molecule has 1 fully saturated rings. The monoisotopic (exact) mass is 551 g/mol. The predicted molar refractivity (Wildman–Crippen MR) is 154 cm³/mol. The van der Waals surface area contributed by atoms with Gasteiger partial charge in [-0.2, -0.15) is 0 Å². The van der Waals surface area contributed by atoms with Gasteiger partial charge in [-0.15, -0.1) is 0 Å². The van der Waals surface area contributed by atoms with E-state index in [-0.39, 0.29) is 5.69 Å². The minimum Gasteiger partial charge on any atom is -0.588 e. The van der Waals surface area contributed by atoms with Crippen molar-refractivity contribution in [2.24, 2.45) is 5.73 Å². The van der Waals surface area contributed by atoms with Gasteiger partial charge < -0.3 is 15.6 Å². The van der Waals surface area contributed by atoms with E-state index in [1.54, 1.807) is 37.3 Å². The van der Waals surface area contributed by atoms with E-state index in [0.717, 1.165) is 59.7 Å². The molecule has 0 amide bonds. The maximum atomic E-state index is 15.4. The summed E-state index contributed by atoms with van der Waals surface area (Å²) in [4.78, 5) is 9.81. The van der Waals surface area contributed by atoms with Gasteiger partial charge in [-0.1, -0.05) is 36.7 Å². The zero-order chi connectivity index (χ0) is 26.8. The summed E-state index contributed by atoms with van der Waals surface area (Å²) < 4.78 is 31.0. The Morgan fingerprint density at radius 1 is 1.13 bits per heavy atom. The average molecular weight is 552 g/mol. The molecule has 0 bridgehead atoms. The SMILES string of the molecule is CCc1cc(-c2ccc(N[S+]([O-])c3ccccc3Cl)c(F)c2C)cc2cnc(N[C@H]3CC[C@H](N)CC3)nc12. The Kier molecular flexibility index (Phi) is 8.04. The molecule has 4 N–H and O–H groups in total. The topological polar surface area (TPSA) is 98.9 Å². The second kappa shape index (κ2) is 11.5. The molecule has 3 aromatic carbocycles. The summed E-state index contributed by atoms with van der Waals surface area (Å²) in [5.74, 6) is 0.175. The summed E-state index contributed by atoms with van der Waals surface area (Å²) in [7, 11) is 0. The van der Waals surface area contributed by atoms with Gasteiger partial charge >= 0.3 is 0 Å². The molecule has 1 aliphatic rings. The van der Waals surface area contributed by atoms with Gasteiger partial charge in [-0.05, 0) is 91.6 Å². The predicted octanol–water partition coefficient (Wildman–Crippen LogP) is 6.78. The van der Waals surface area contributed by atoms with E-state index in [4.69, 9.17) is 22.3 Å². The maximum Gasteiger partial charge on any atom is 0.223 e. The fourth-order valence-corrected chi connectivity index (χ4v) is 6.25. The van der Waals surface area contributed by atoms with Crippen LogP contribution < -0.4 is 15.8 Å². The Labute approximate surface area is 230 Å². The third kappa shape index (κ3) is 5.59. The van der Waals surface area contributed by atoms with Crippen LogP contribution >= 0.6 is 11.6 Å². The van der Waals surface area contributed by atoms with E-state index in [9.17, 15) is 4.55 Å². The van der Waals surface area contributed by atoms with Gasteiger partial charge in [0.15, 0.2) is 10.7 Å². The van der Waals surface area contributed by atoms with Gasteiger partial charge in [0.25, 0.3) is 0 Å². The van der Waals surface area contributed by atoms with Gasteiger partial charge in [0, 0.05) is 23.7 Å². The smallest absolute Gasteiger partial charge is 0.223 e. The second-order valence-electron chi connectivity index (χ2n) is 9.78. The van der Waals surface area contributed by atoms with Gasteiger partial charge in [0.1, 0.15) is 17.0 Å². The molecule has 1 atom stereocenters. The number of nitrogens with two attached hydrogens (primary N) is 1. The largest absolute Gasteiger partial charge is 0.588 e. The Hall–Kier alpha value is -2.91. The summed E-state index contributed by atoms with van der Waals surface area (Å²) in [6.45, 7) is 3.81. The van der Waals surface area contributed by atoms with Crippen molar-refractivity contribution in [3.8, 4) is 11.1 Å². The van der Waals surface area contributed by atoms with Gasteiger partial charge in [0.2, 0.25) is 5.95 Å². The molecule has 0 radical (unpaired) electrons. The van der Waals surface area contributed by atoms with E-state index >= 15 is 4.39 Å². The third-order valence-electron chi connectivity index (χ3n) is 7.18. The van der Waals surface area contributed by atoms with Gasteiger partial charge in [-0.25, -0.2) is 19.1 Å². The Morgan fingerprint density at radius 3 is 2.63 bits per heavy atom. The molecule has 6 nitrogen and oxygen atoms in total. The lowest BCUT2D eigenvalue weighted by Gasteiger charge is -2.26. The van der Waals surface area contributed by atoms with Crippen LogP contribution in [0.4, 0.5) is 16.0 Å². The first-order chi connectivity index (χ1) is 18.3. The number of hydrogen-bond donors (Lipinski definition) is 3. The van der Waals surface area contributed by atoms with Crippen molar-refractivity contribution in [1.82, 2.24) is 9.97 Å². The molecule has 1 aromatic heterocycles. The molecule has 0 saturated heterocycles. The lowest BCUT2D eigenvalue weighted by Crippen LogP contribution is -2.33. The van der Waals surface area contributed by atoms with Crippen molar-refractivity contribution >= 4 is 45.5 Å². The minimum absolute atomic E-state index is 0.156. The maximum absolute atomic E-state index is 15.4. The number of benzene rings is 3. The number of nitrogens with zero attached hydrogens (tertiary/aromatic N) is 2. The molecule has 1 unspecified atom stereocenters. The summed E-state index contributed by atoms with van der Waals surface area (Å²) in [5.41, 5.74) is 10.3. The van der Waals surface area contributed by atoms with E-state index < -0.39 is 17.2 Å². The normalized spacial score (nSPS) is 18.4. The number of anilines is 2. The summed E-state index contributed by atoms with van der Waals surface area (Å²) in [5, 5.41) is 4.74. The summed E-state index contributed by atoms with van der Waals surface area (Å²) in [6, 6.07) is 14.9. The molecule has 198 valence electrons. The Balaban J connectivity index is 1.42. The van der Waals surface area contributed by atoms with Crippen LogP contribution in [0, 0.1) is 12.7 Å². The van der Waals surface area contributed by atoms with E-state index in [0.29, 0.717) is 33.5 Å². The minimum atomic E-state index is -1.70. The highest BCUT2D eigenvalue weighted by molar-refractivity contribution is 7.92. The number of aryl methyl sites for hydroxylation is 1. The van der Waals surface area contributed by atoms with Crippen LogP contribution in [0.2, 0.25) is 5.02 Å². The van der Waals surface area contributed by atoms with Crippen molar-refractivity contribution in [1.29, 1.82) is 0 Å². The molecule has 0 aliphatic heterocycles. The van der Waals surface area contributed by atoms with Crippen LogP contribution in [-0.4, -0.2) is 26.6 Å². The molecule has 1 aliphatic carbocycles. The standard InChI is InChI=1S/C29H31ClFN5OS/c1-3-18-14-19(15-20-16-33-29(35-28(18)20)34-22-10-8-21(32)9-11-22)23-12-13-25(27(31)17(23)2)36-38(37)26-7-5-4-6-24(26)30/h4-7,12-16,21-22,36H,3,8-11,32H2,1-2H3,(H,33,34,35)/t21-,22-,38?. The number of aromatic nitrogens is 2. The van der Waals surface area contributed by atoms with Crippen LogP contribution in [0.3, 0.4) is 0 Å². The van der Waals surface area contributed by atoms with E-state index in [1.165, 1.54) is 0 Å². The van der Waals surface area contributed by atoms with Crippen LogP contribution in [0.5, 0.6) is 0 Å². The van der Waals surface area contributed by atoms with Crippen molar-refractivity contribution in [2.75, 3.05) is 10.0 Å². The highest BCUT2D eigenvalue weighted by atomic mass is 35.5. The highest BCUT2D eigenvalue weighted by Crippen LogP contribution is 2.34. The van der Waals surface area contributed by atoms with Gasteiger partial charge in [0.05, 0.1) is 10.5 Å². The van der Waals surface area contributed by atoms with Crippen molar-refractivity contribution in [3.05, 3.63) is 76.7 Å². The molecular weight excluding hydrogens is 521 g/mol. The van der Waals surface area contributed by atoms with Crippen LogP contribution in [0.25, 0.3) is 22.0 Å². The van der Waals surface area contributed by atoms with Crippen LogP contribution in [0.15, 0.2) is 59.6 Å². The lowest BCUT2D eigenvalue weighted by molar-refractivity contribution is 0.410. The van der Waals surface area contributed by atoms with Crippen molar-refractivity contribution < 1.29 is 8.94 Å².